The van der Waals surface area contributed by atoms with Crippen LogP contribution in [-0.4, -0.2) is 29.8 Å². The standard InChI is InChI=1S/C11H9N3O3/c1-14-9(16)11(13-10(14)17)6-4-2-3-5-7(6)12-8(11)15/h2-5H,1H3,(H,12,15)(H,13,17). The lowest BCUT2D eigenvalue weighted by molar-refractivity contribution is -0.136. The molecule has 17 heavy (non-hydrogen) atoms. The van der Waals surface area contributed by atoms with E-state index < -0.39 is 23.4 Å². The fraction of sp³-hybridized carbons (Fsp3) is 0.182. The first kappa shape index (κ1) is 9.83. The van der Waals surface area contributed by atoms with E-state index in [4.69, 9.17) is 0 Å². The summed E-state index contributed by atoms with van der Waals surface area (Å²) in [7, 11) is 1.35. The largest absolute Gasteiger partial charge is 0.325 e. The summed E-state index contributed by atoms with van der Waals surface area (Å²) in [6.45, 7) is 0. The topological polar surface area (TPSA) is 78.5 Å². The molecule has 6 heteroatoms. The number of anilines is 1. The molecule has 0 radical (unpaired) electrons. The number of hydrogen-bond acceptors (Lipinski definition) is 3. The van der Waals surface area contributed by atoms with E-state index in [2.05, 4.69) is 10.6 Å². The molecule has 2 aliphatic heterocycles. The normalized spacial score (nSPS) is 26.2. The van der Waals surface area contributed by atoms with Crippen LogP contribution in [0, 0.1) is 0 Å². The maximum Gasteiger partial charge on any atom is 0.325 e. The Morgan fingerprint density at radius 3 is 2.53 bits per heavy atom. The molecular weight excluding hydrogens is 222 g/mol. The quantitative estimate of drug-likeness (QED) is 0.488. The molecule has 3 rings (SSSR count). The SMILES string of the molecule is CN1C(=O)NC2(C(=O)Nc3ccccc32)C1=O. The van der Waals surface area contributed by atoms with Gasteiger partial charge in [0.25, 0.3) is 11.8 Å². The van der Waals surface area contributed by atoms with Gasteiger partial charge in [-0.1, -0.05) is 18.2 Å². The molecule has 86 valence electrons. The molecular formula is C11H9N3O3. The van der Waals surface area contributed by atoms with Crippen LogP contribution in [0.15, 0.2) is 24.3 Å². The third-order valence-corrected chi connectivity index (χ3v) is 3.14. The van der Waals surface area contributed by atoms with Crippen LogP contribution in [0.2, 0.25) is 0 Å². The minimum atomic E-state index is -1.58. The number of imide groups is 1. The highest BCUT2D eigenvalue weighted by Crippen LogP contribution is 2.39. The summed E-state index contributed by atoms with van der Waals surface area (Å²) in [6.07, 6.45) is 0. The number of likely N-dealkylation sites (N-methyl/N-ethyl adjacent to an activating group) is 1. The number of para-hydroxylation sites is 1. The minimum Gasteiger partial charge on any atom is -0.323 e. The Kier molecular flexibility index (Phi) is 1.65. The molecule has 0 aromatic heterocycles. The number of hydrogen-bond donors (Lipinski definition) is 2. The Balaban J connectivity index is 2.25. The number of carbonyl (C=O) groups is 3. The average molecular weight is 231 g/mol. The highest BCUT2D eigenvalue weighted by atomic mass is 16.2. The number of amides is 4. The Morgan fingerprint density at radius 2 is 1.88 bits per heavy atom. The summed E-state index contributed by atoms with van der Waals surface area (Å²) >= 11 is 0. The first-order valence-corrected chi connectivity index (χ1v) is 5.08. The minimum absolute atomic E-state index is 0.493. The first-order chi connectivity index (χ1) is 8.07. The van der Waals surface area contributed by atoms with E-state index in [0.717, 1.165) is 4.90 Å². The van der Waals surface area contributed by atoms with Crippen molar-refractivity contribution in [3.63, 3.8) is 0 Å². The maximum absolute atomic E-state index is 12.1. The van der Waals surface area contributed by atoms with Crippen molar-refractivity contribution in [3.05, 3.63) is 29.8 Å². The molecule has 6 nitrogen and oxygen atoms in total. The van der Waals surface area contributed by atoms with Crippen LogP contribution in [-0.2, 0) is 15.1 Å². The third-order valence-electron chi connectivity index (χ3n) is 3.14. The Morgan fingerprint density at radius 1 is 1.18 bits per heavy atom. The molecule has 1 atom stereocenters. The molecule has 4 amide bonds. The van der Waals surface area contributed by atoms with E-state index >= 15 is 0 Å². The molecule has 1 fully saturated rings. The van der Waals surface area contributed by atoms with Gasteiger partial charge < -0.3 is 10.6 Å². The summed E-state index contributed by atoms with van der Waals surface area (Å²) in [6, 6.07) is 6.26. The second-order valence-corrected chi connectivity index (χ2v) is 4.04. The number of carbonyl (C=O) groups excluding carboxylic acids is 3. The fourth-order valence-electron chi connectivity index (χ4n) is 2.24. The fourth-order valence-corrected chi connectivity index (χ4v) is 2.24. The van der Waals surface area contributed by atoms with Crippen molar-refractivity contribution in [3.8, 4) is 0 Å². The molecule has 0 bridgehead atoms. The molecule has 1 aromatic carbocycles. The predicted octanol–water partition coefficient (Wildman–Crippen LogP) is 0.0156. The summed E-state index contributed by atoms with van der Waals surface area (Å²) in [4.78, 5) is 36.5. The zero-order chi connectivity index (χ0) is 12.2. The number of urea groups is 1. The second kappa shape index (κ2) is 2.85. The zero-order valence-electron chi connectivity index (χ0n) is 8.98. The van der Waals surface area contributed by atoms with Gasteiger partial charge in [0.15, 0.2) is 0 Å². The highest BCUT2D eigenvalue weighted by Gasteiger charge is 2.60. The van der Waals surface area contributed by atoms with Gasteiger partial charge in [0.2, 0.25) is 5.54 Å². The van der Waals surface area contributed by atoms with Crippen LogP contribution in [0.1, 0.15) is 5.56 Å². The van der Waals surface area contributed by atoms with E-state index in [0.29, 0.717) is 11.3 Å². The smallest absolute Gasteiger partial charge is 0.323 e. The van der Waals surface area contributed by atoms with Gasteiger partial charge in [-0.05, 0) is 6.07 Å². The van der Waals surface area contributed by atoms with Crippen LogP contribution < -0.4 is 10.6 Å². The first-order valence-electron chi connectivity index (χ1n) is 5.08. The Hall–Kier alpha value is -2.37. The van der Waals surface area contributed by atoms with E-state index in [1.807, 2.05) is 0 Å². The van der Waals surface area contributed by atoms with Gasteiger partial charge in [0.05, 0.1) is 0 Å². The van der Waals surface area contributed by atoms with Crippen LogP contribution in [0.5, 0.6) is 0 Å². The van der Waals surface area contributed by atoms with Gasteiger partial charge in [-0.3, -0.25) is 14.5 Å². The Bertz CT molecular complexity index is 569. The van der Waals surface area contributed by atoms with Gasteiger partial charge in [-0.15, -0.1) is 0 Å². The second-order valence-electron chi connectivity index (χ2n) is 4.04. The third kappa shape index (κ3) is 0.968. The average Bonchev–Trinajstić information content (AvgIpc) is 2.72. The molecule has 2 aliphatic rings. The molecule has 1 unspecified atom stereocenters. The van der Waals surface area contributed by atoms with Crippen molar-refractivity contribution in [1.29, 1.82) is 0 Å². The maximum atomic E-state index is 12.1. The predicted molar refractivity (Wildman–Crippen MR) is 58.1 cm³/mol. The molecule has 2 heterocycles. The lowest BCUT2D eigenvalue weighted by Crippen LogP contribution is -2.49. The lowest BCUT2D eigenvalue weighted by Gasteiger charge is -2.17. The van der Waals surface area contributed by atoms with Crippen molar-refractivity contribution in [1.82, 2.24) is 10.2 Å². The number of nitrogens with zero attached hydrogens (tertiary/aromatic N) is 1. The van der Waals surface area contributed by atoms with Gasteiger partial charge in [-0.2, -0.15) is 0 Å². The molecule has 1 spiro atoms. The molecule has 2 N–H and O–H groups in total. The van der Waals surface area contributed by atoms with Crippen LogP contribution in [0.3, 0.4) is 0 Å². The van der Waals surface area contributed by atoms with E-state index in [1.165, 1.54) is 7.05 Å². The van der Waals surface area contributed by atoms with Gasteiger partial charge >= 0.3 is 6.03 Å². The summed E-state index contributed by atoms with van der Waals surface area (Å²) in [5.41, 5.74) is -0.531. The van der Waals surface area contributed by atoms with Crippen molar-refractivity contribution >= 4 is 23.5 Å². The summed E-state index contributed by atoms with van der Waals surface area (Å²) in [5.74, 6) is -1.06. The summed E-state index contributed by atoms with van der Waals surface area (Å²) < 4.78 is 0. The number of benzene rings is 1. The molecule has 1 aromatic rings. The molecule has 0 saturated carbocycles. The van der Waals surface area contributed by atoms with Crippen LogP contribution in [0.25, 0.3) is 0 Å². The molecule has 1 saturated heterocycles. The van der Waals surface area contributed by atoms with Crippen molar-refractivity contribution in [2.75, 3.05) is 12.4 Å². The van der Waals surface area contributed by atoms with Gasteiger partial charge in [-0.25, -0.2) is 4.79 Å². The lowest BCUT2D eigenvalue weighted by atomic mass is 9.91. The van der Waals surface area contributed by atoms with Crippen LogP contribution in [0.4, 0.5) is 10.5 Å². The van der Waals surface area contributed by atoms with Gasteiger partial charge in [0, 0.05) is 18.3 Å². The van der Waals surface area contributed by atoms with Crippen molar-refractivity contribution in [2.45, 2.75) is 5.54 Å². The zero-order valence-corrected chi connectivity index (χ0v) is 8.98. The highest BCUT2D eigenvalue weighted by molar-refractivity contribution is 6.26. The van der Waals surface area contributed by atoms with Crippen molar-refractivity contribution in [2.24, 2.45) is 0 Å². The number of rotatable bonds is 0. The number of fused-ring (bicyclic) bond motifs is 2. The van der Waals surface area contributed by atoms with Crippen LogP contribution >= 0.6 is 0 Å². The Labute approximate surface area is 96.6 Å². The van der Waals surface area contributed by atoms with E-state index in [-0.39, 0.29) is 0 Å². The van der Waals surface area contributed by atoms with E-state index in [9.17, 15) is 14.4 Å². The monoisotopic (exact) mass is 231 g/mol. The summed E-state index contributed by atoms with van der Waals surface area (Å²) in [5, 5.41) is 5.06. The van der Waals surface area contributed by atoms with Crippen molar-refractivity contribution < 1.29 is 14.4 Å². The van der Waals surface area contributed by atoms with Gasteiger partial charge in [0.1, 0.15) is 0 Å². The molecule has 0 aliphatic carbocycles. The van der Waals surface area contributed by atoms with E-state index in [1.54, 1.807) is 24.3 Å². The number of nitrogens with one attached hydrogen (secondary N) is 2.